The number of benzene rings is 1. The molecule has 0 bridgehead atoms. The topological polar surface area (TPSA) is 98.0 Å². The highest BCUT2D eigenvalue weighted by Gasteiger charge is 2.44. The van der Waals surface area contributed by atoms with Crippen molar-refractivity contribution >= 4 is 5.97 Å². The van der Waals surface area contributed by atoms with Crippen LogP contribution in [0.25, 0.3) is 0 Å². The fourth-order valence-corrected chi connectivity index (χ4v) is 1.75. The molecule has 1 rings (SSSR count). The van der Waals surface area contributed by atoms with Crippen molar-refractivity contribution in [3.63, 3.8) is 0 Å². The molecule has 4 N–H and O–H groups in total. The van der Waals surface area contributed by atoms with Crippen molar-refractivity contribution in [1.29, 1.82) is 0 Å². The van der Waals surface area contributed by atoms with Crippen molar-refractivity contribution in [3.8, 4) is 0 Å². The molecule has 0 fully saturated rings. The molecule has 0 heterocycles. The van der Waals surface area contributed by atoms with Gasteiger partial charge in [-0.25, -0.2) is 4.79 Å². The number of hydrogen-bond acceptors (Lipinski definition) is 4. The second kappa shape index (κ2) is 5.48. The van der Waals surface area contributed by atoms with Gasteiger partial charge in [0.15, 0.2) is 6.29 Å². The molecule has 100 valence electrons. The molecule has 0 radical (unpaired) electrons. The van der Waals surface area contributed by atoms with Gasteiger partial charge in [-0.1, -0.05) is 38.1 Å². The summed E-state index contributed by atoms with van der Waals surface area (Å²) in [5, 5.41) is 36.8. The highest BCUT2D eigenvalue weighted by Crippen LogP contribution is 2.25. The second-order valence-electron chi connectivity index (χ2n) is 4.74. The molecule has 18 heavy (non-hydrogen) atoms. The normalized spacial score (nSPS) is 14.8. The molecular weight excluding hydrogens is 236 g/mol. The smallest absolute Gasteiger partial charge is 0.345 e. The third-order valence-electron chi connectivity index (χ3n) is 2.74. The third-order valence-corrected chi connectivity index (χ3v) is 2.74. The summed E-state index contributed by atoms with van der Waals surface area (Å²) < 4.78 is 0. The minimum Gasteiger partial charge on any atom is -0.479 e. The van der Waals surface area contributed by atoms with Gasteiger partial charge in [-0.05, 0) is 17.9 Å². The maximum atomic E-state index is 11.0. The first-order valence-electron chi connectivity index (χ1n) is 5.69. The Morgan fingerprint density at radius 3 is 2.06 bits per heavy atom. The molecule has 0 aliphatic heterocycles. The number of aliphatic hydroxyl groups is 3. The van der Waals surface area contributed by atoms with Gasteiger partial charge in [-0.3, -0.25) is 0 Å². The summed E-state index contributed by atoms with van der Waals surface area (Å²) in [5.74, 6) is -1.24. The molecule has 0 saturated heterocycles. The van der Waals surface area contributed by atoms with E-state index < -0.39 is 17.9 Å². The molecule has 1 unspecified atom stereocenters. The molecule has 5 heteroatoms. The lowest BCUT2D eigenvalue weighted by Crippen LogP contribution is -2.46. The van der Waals surface area contributed by atoms with Gasteiger partial charge in [0.1, 0.15) is 0 Å². The average Bonchev–Trinajstić information content (AvgIpc) is 2.27. The van der Waals surface area contributed by atoms with Gasteiger partial charge in [-0.15, -0.1) is 0 Å². The van der Waals surface area contributed by atoms with Crippen LogP contribution in [0, 0.1) is 5.92 Å². The van der Waals surface area contributed by atoms with Gasteiger partial charge in [0.05, 0.1) is 0 Å². The zero-order valence-corrected chi connectivity index (χ0v) is 10.4. The number of aliphatic carboxylic acids is 1. The standard InChI is InChI=1S/C13H18O5/c1-8(2)7-9-3-5-10(6-4-9)13(18,11(14)15)12(16)17/h3-6,8,11,14-15,18H,7H2,1-2H3,(H,16,17). The average molecular weight is 254 g/mol. The van der Waals surface area contributed by atoms with Gasteiger partial charge < -0.3 is 20.4 Å². The van der Waals surface area contributed by atoms with Gasteiger partial charge >= 0.3 is 5.97 Å². The van der Waals surface area contributed by atoms with Crippen LogP contribution in [0.4, 0.5) is 0 Å². The quantitative estimate of drug-likeness (QED) is 0.572. The van der Waals surface area contributed by atoms with E-state index in [0.717, 1.165) is 12.0 Å². The lowest BCUT2D eigenvalue weighted by molar-refractivity contribution is -0.210. The monoisotopic (exact) mass is 254 g/mol. The Balaban J connectivity index is 3.06. The Kier molecular flexibility index (Phi) is 4.45. The predicted molar refractivity (Wildman–Crippen MR) is 64.7 cm³/mol. The molecule has 0 saturated carbocycles. The van der Waals surface area contributed by atoms with E-state index in [-0.39, 0.29) is 5.56 Å². The van der Waals surface area contributed by atoms with Crippen LogP contribution in [0.5, 0.6) is 0 Å². The van der Waals surface area contributed by atoms with Crippen molar-refractivity contribution in [1.82, 2.24) is 0 Å². The first kappa shape index (κ1) is 14.6. The second-order valence-corrected chi connectivity index (χ2v) is 4.74. The van der Waals surface area contributed by atoms with Gasteiger partial charge in [-0.2, -0.15) is 0 Å². The van der Waals surface area contributed by atoms with E-state index in [1.165, 1.54) is 12.1 Å². The molecular formula is C13H18O5. The van der Waals surface area contributed by atoms with Crippen molar-refractivity contribution in [2.45, 2.75) is 32.2 Å². The van der Waals surface area contributed by atoms with Gasteiger partial charge in [0.2, 0.25) is 5.60 Å². The van der Waals surface area contributed by atoms with E-state index in [2.05, 4.69) is 13.8 Å². The minimum absolute atomic E-state index is 0.0579. The van der Waals surface area contributed by atoms with Gasteiger partial charge in [0.25, 0.3) is 0 Å². The minimum atomic E-state index is -2.70. The number of aliphatic hydroxyl groups excluding tert-OH is 1. The maximum Gasteiger partial charge on any atom is 0.345 e. The molecule has 0 amide bonds. The van der Waals surface area contributed by atoms with E-state index in [1.54, 1.807) is 12.1 Å². The highest BCUT2D eigenvalue weighted by atomic mass is 16.5. The van der Waals surface area contributed by atoms with Gasteiger partial charge in [0, 0.05) is 5.56 Å². The SMILES string of the molecule is CC(C)Cc1ccc(C(O)(C(=O)O)C(O)O)cc1. The summed E-state index contributed by atoms with van der Waals surface area (Å²) in [4.78, 5) is 11.0. The van der Waals surface area contributed by atoms with Crippen LogP contribution in [0.1, 0.15) is 25.0 Å². The summed E-state index contributed by atoms with van der Waals surface area (Å²) in [6, 6.07) is 6.13. The van der Waals surface area contributed by atoms with Crippen LogP contribution < -0.4 is 0 Å². The van der Waals surface area contributed by atoms with Crippen molar-refractivity contribution in [2.75, 3.05) is 0 Å². The number of carboxylic acid groups (broad SMARTS) is 1. The zero-order valence-electron chi connectivity index (χ0n) is 10.4. The fourth-order valence-electron chi connectivity index (χ4n) is 1.75. The number of carbonyl (C=O) groups is 1. The molecule has 1 aromatic carbocycles. The Morgan fingerprint density at radius 1 is 1.22 bits per heavy atom. The summed E-state index contributed by atoms with van der Waals surface area (Å²) in [6.45, 7) is 4.11. The highest BCUT2D eigenvalue weighted by molar-refractivity contribution is 5.79. The predicted octanol–water partition coefficient (Wildman–Crippen LogP) is 0.468. The zero-order chi connectivity index (χ0) is 13.9. The number of hydrogen-bond donors (Lipinski definition) is 4. The van der Waals surface area contributed by atoms with Crippen LogP contribution in [-0.2, 0) is 16.8 Å². The van der Waals surface area contributed by atoms with Crippen molar-refractivity contribution in [3.05, 3.63) is 35.4 Å². The molecule has 0 aliphatic carbocycles. The first-order chi connectivity index (χ1) is 8.28. The lowest BCUT2D eigenvalue weighted by Gasteiger charge is -2.25. The third kappa shape index (κ3) is 2.87. The largest absolute Gasteiger partial charge is 0.479 e. The molecule has 5 nitrogen and oxygen atoms in total. The van der Waals surface area contributed by atoms with E-state index in [4.69, 9.17) is 15.3 Å². The number of rotatable bonds is 5. The van der Waals surface area contributed by atoms with Crippen LogP contribution in [0.15, 0.2) is 24.3 Å². The fraction of sp³-hybridized carbons (Fsp3) is 0.462. The first-order valence-corrected chi connectivity index (χ1v) is 5.69. The van der Waals surface area contributed by atoms with Crippen LogP contribution in [0.3, 0.4) is 0 Å². The Bertz CT molecular complexity index is 410. The van der Waals surface area contributed by atoms with Crippen LogP contribution in [0.2, 0.25) is 0 Å². The Morgan fingerprint density at radius 2 is 1.72 bits per heavy atom. The lowest BCUT2D eigenvalue weighted by atomic mass is 9.91. The van der Waals surface area contributed by atoms with Crippen LogP contribution in [-0.4, -0.2) is 32.7 Å². The Hall–Kier alpha value is -1.43. The molecule has 0 aliphatic rings. The summed E-state index contributed by atoms with van der Waals surface area (Å²) in [6.07, 6.45) is -1.56. The molecule has 0 aromatic heterocycles. The molecule has 0 spiro atoms. The Labute approximate surface area is 105 Å². The van der Waals surface area contributed by atoms with Crippen molar-refractivity contribution in [2.24, 2.45) is 5.92 Å². The van der Waals surface area contributed by atoms with E-state index in [0.29, 0.717) is 5.92 Å². The summed E-state index contributed by atoms with van der Waals surface area (Å²) in [7, 11) is 0. The van der Waals surface area contributed by atoms with Crippen LogP contribution >= 0.6 is 0 Å². The summed E-state index contributed by atoms with van der Waals surface area (Å²) >= 11 is 0. The van der Waals surface area contributed by atoms with Crippen molar-refractivity contribution < 1.29 is 25.2 Å². The maximum absolute atomic E-state index is 11.0. The van der Waals surface area contributed by atoms with E-state index in [1.807, 2.05) is 0 Å². The summed E-state index contributed by atoms with van der Waals surface area (Å²) in [5.41, 5.74) is -1.76. The van der Waals surface area contributed by atoms with E-state index >= 15 is 0 Å². The molecule has 1 atom stereocenters. The number of carboxylic acids is 1. The van der Waals surface area contributed by atoms with E-state index in [9.17, 15) is 9.90 Å². The molecule has 1 aromatic rings.